The first kappa shape index (κ1) is 26.0. The summed E-state index contributed by atoms with van der Waals surface area (Å²) in [6.07, 6.45) is 1.54. The number of rotatable bonds is 9. The van der Waals surface area contributed by atoms with Crippen LogP contribution in [0.4, 0.5) is 4.79 Å². The number of halogens is 1. The van der Waals surface area contributed by atoms with E-state index in [1.807, 2.05) is 24.3 Å². The quantitative estimate of drug-likeness (QED) is 0.178. The number of ether oxygens (including phenoxy) is 3. The summed E-state index contributed by atoms with van der Waals surface area (Å²) < 4.78 is 17.2. The van der Waals surface area contributed by atoms with Crippen molar-refractivity contribution in [1.29, 1.82) is 0 Å². The zero-order valence-electron chi connectivity index (χ0n) is 19.4. The maximum atomic E-state index is 12.5. The van der Waals surface area contributed by atoms with Gasteiger partial charge >= 0.3 is 12.0 Å². The minimum absolute atomic E-state index is 0.198. The van der Waals surface area contributed by atoms with Crippen LogP contribution in [0.25, 0.3) is 0 Å². The van der Waals surface area contributed by atoms with E-state index in [9.17, 15) is 14.4 Å². The maximum Gasteiger partial charge on any atom is 0.338 e. The smallest absolute Gasteiger partial charge is 0.338 e. The third-order valence-electron chi connectivity index (χ3n) is 4.90. The minimum Gasteiger partial charge on any atom is -0.493 e. The van der Waals surface area contributed by atoms with E-state index in [2.05, 4.69) is 43.8 Å². The van der Waals surface area contributed by atoms with Crippen molar-refractivity contribution in [3.05, 3.63) is 68.4 Å². The minimum atomic E-state index is -0.746. The Morgan fingerprint density at radius 3 is 2.71 bits per heavy atom. The van der Waals surface area contributed by atoms with Crippen LogP contribution in [0.5, 0.6) is 11.5 Å². The van der Waals surface area contributed by atoms with Crippen LogP contribution in [0.2, 0.25) is 0 Å². The van der Waals surface area contributed by atoms with Gasteiger partial charge in [-0.05, 0) is 71.8 Å². The second-order valence-electron chi connectivity index (χ2n) is 7.34. The van der Waals surface area contributed by atoms with Crippen molar-refractivity contribution in [2.24, 2.45) is 5.10 Å². The number of urea groups is 1. The number of hydrogen-bond acceptors (Lipinski definition) is 7. The van der Waals surface area contributed by atoms with Crippen LogP contribution in [0.15, 0.2) is 58.8 Å². The Hall–Kier alpha value is -3.61. The van der Waals surface area contributed by atoms with E-state index in [0.29, 0.717) is 22.8 Å². The molecule has 1 heterocycles. The van der Waals surface area contributed by atoms with E-state index in [0.717, 1.165) is 9.13 Å². The van der Waals surface area contributed by atoms with Gasteiger partial charge < -0.3 is 24.8 Å². The highest BCUT2D eigenvalue weighted by atomic mass is 127. The molecule has 3 rings (SSSR count). The number of hydrazone groups is 1. The van der Waals surface area contributed by atoms with E-state index in [1.165, 1.54) is 7.11 Å². The third kappa shape index (κ3) is 6.94. The number of amides is 3. The Balaban J connectivity index is 1.69. The summed E-state index contributed by atoms with van der Waals surface area (Å²) in [5, 5.41) is 9.25. The number of benzene rings is 2. The monoisotopic (exact) mass is 592 g/mol. The van der Waals surface area contributed by atoms with E-state index in [-0.39, 0.29) is 18.8 Å². The molecular formula is C24H25IN4O6. The Morgan fingerprint density at radius 1 is 1.20 bits per heavy atom. The first-order valence-electron chi connectivity index (χ1n) is 10.7. The molecule has 2 aromatic rings. The van der Waals surface area contributed by atoms with Crippen molar-refractivity contribution < 1.29 is 28.6 Å². The third-order valence-corrected chi connectivity index (χ3v) is 5.57. The first-order chi connectivity index (χ1) is 16.8. The standard InChI is InChI=1S/C24H25IN4O6/c1-4-34-23(31)21-14(2)27-24(32)28-22(21)16-8-9-18(19(11-16)33-3)35-13-20(30)29-26-12-15-6-5-7-17(25)10-15/h5-12,22H,4,13H2,1-3H3,(H,29,30)(H2,27,28,32)/b26-12-/t22-/m0/s1. The van der Waals surface area contributed by atoms with E-state index < -0.39 is 23.9 Å². The molecule has 0 bridgehead atoms. The van der Waals surface area contributed by atoms with Gasteiger partial charge in [-0.15, -0.1) is 0 Å². The molecule has 11 heteroatoms. The Morgan fingerprint density at radius 2 is 2.00 bits per heavy atom. The maximum absolute atomic E-state index is 12.5. The van der Waals surface area contributed by atoms with Crippen molar-refractivity contribution >= 4 is 46.7 Å². The molecular weight excluding hydrogens is 567 g/mol. The number of esters is 1. The molecule has 2 aromatic carbocycles. The summed E-state index contributed by atoms with van der Waals surface area (Å²) in [4.78, 5) is 36.7. The van der Waals surface area contributed by atoms with Crippen molar-refractivity contribution in [2.45, 2.75) is 19.9 Å². The van der Waals surface area contributed by atoms with Crippen molar-refractivity contribution in [3.63, 3.8) is 0 Å². The Bertz CT molecular complexity index is 1180. The summed E-state index contributed by atoms with van der Waals surface area (Å²) >= 11 is 2.19. The molecule has 184 valence electrons. The van der Waals surface area contributed by atoms with Gasteiger partial charge in [0.15, 0.2) is 18.1 Å². The van der Waals surface area contributed by atoms with Crippen molar-refractivity contribution in [1.82, 2.24) is 16.1 Å². The van der Waals surface area contributed by atoms with Crippen LogP contribution < -0.4 is 25.5 Å². The highest BCUT2D eigenvalue weighted by Crippen LogP contribution is 2.34. The molecule has 0 saturated carbocycles. The largest absolute Gasteiger partial charge is 0.493 e. The average Bonchev–Trinajstić information content (AvgIpc) is 2.82. The van der Waals surface area contributed by atoms with E-state index in [1.54, 1.807) is 38.3 Å². The molecule has 0 spiro atoms. The molecule has 3 amide bonds. The fourth-order valence-electron chi connectivity index (χ4n) is 3.35. The predicted octanol–water partition coefficient (Wildman–Crippen LogP) is 3.02. The van der Waals surface area contributed by atoms with Gasteiger partial charge in [-0.25, -0.2) is 15.0 Å². The fraction of sp³-hybridized carbons (Fsp3) is 0.250. The molecule has 3 N–H and O–H groups in total. The molecule has 0 radical (unpaired) electrons. The van der Waals surface area contributed by atoms with Crippen LogP contribution in [0.1, 0.15) is 31.0 Å². The van der Waals surface area contributed by atoms with Gasteiger partial charge in [-0.3, -0.25) is 4.79 Å². The summed E-state index contributed by atoms with van der Waals surface area (Å²) in [6.45, 7) is 3.24. The van der Waals surface area contributed by atoms with Gasteiger partial charge in [-0.1, -0.05) is 18.2 Å². The number of carbonyl (C=O) groups excluding carboxylic acids is 3. The lowest BCUT2D eigenvalue weighted by Gasteiger charge is -2.28. The summed E-state index contributed by atoms with van der Waals surface area (Å²) in [5.74, 6) is -0.353. The Labute approximate surface area is 216 Å². The van der Waals surface area contributed by atoms with Gasteiger partial charge in [0.25, 0.3) is 5.91 Å². The van der Waals surface area contributed by atoms with E-state index in [4.69, 9.17) is 14.2 Å². The molecule has 35 heavy (non-hydrogen) atoms. The number of allylic oxidation sites excluding steroid dienone is 1. The fourth-order valence-corrected chi connectivity index (χ4v) is 3.91. The molecule has 0 aliphatic carbocycles. The SMILES string of the molecule is CCOC(=O)C1=C(C)NC(=O)N[C@H]1c1ccc(OCC(=O)N/N=C\c2cccc(I)c2)c(OC)c1. The number of nitrogens with one attached hydrogen (secondary N) is 3. The molecule has 0 fully saturated rings. The molecule has 1 aliphatic rings. The molecule has 10 nitrogen and oxygen atoms in total. The number of hydrogen-bond donors (Lipinski definition) is 3. The lowest BCUT2D eigenvalue weighted by atomic mass is 9.95. The lowest BCUT2D eigenvalue weighted by Crippen LogP contribution is -2.45. The second-order valence-corrected chi connectivity index (χ2v) is 8.58. The van der Waals surface area contributed by atoms with Crippen LogP contribution in [-0.2, 0) is 14.3 Å². The highest BCUT2D eigenvalue weighted by molar-refractivity contribution is 14.1. The van der Waals surface area contributed by atoms with Crippen molar-refractivity contribution in [2.75, 3.05) is 20.3 Å². The Kier molecular flexibility index (Phi) is 9.06. The zero-order valence-corrected chi connectivity index (χ0v) is 21.5. The average molecular weight is 592 g/mol. The predicted molar refractivity (Wildman–Crippen MR) is 137 cm³/mol. The summed E-state index contributed by atoms with van der Waals surface area (Å²) in [5.41, 5.74) is 4.53. The highest BCUT2D eigenvalue weighted by Gasteiger charge is 2.32. The molecule has 0 saturated heterocycles. The van der Waals surface area contributed by atoms with E-state index >= 15 is 0 Å². The first-order valence-corrected chi connectivity index (χ1v) is 11.7. The number of carbonyl (C=O) groups is 3. The van der Waals surface area contributed by atoms with Gasteiger partial charge in [-0.2, -0.15) is 5.10 Å². The van der Waals surface area contributed by atoms with Crippen LogP contribution >= 0.6 is 22.6 Å². The lowest BCUT2D eigenvalue weighted by molar-refractivity contribution is -0.139. The molecule has 0 unspecified atom stereocenters. The zero-order chi connectivity index (χ0) is 25.4. The van der Waals surface area contributed by atoms with Crippen molar-refractivity contribution in [3.8, 4) is 11.5 Å². The molecule has 0 aromatic heterocycles. The van der Waals surface area contributed by atoms with Crippen LogP contribution in [0, 0.1) is 3.57 Å². The molecule has 1 aliphatic heterocycles. The normalized spacial score (nSPS) is 15.3. The summed E-state index contributed by atoms with van der Waals surface area (Å²) in [6, 6.07) is 11.4. The topological polar surface area (TPSA) is 127 Å². The van der Waals surface area contributed by atoms with Gasteiger partial charge in [0, 0.05) is 9.27 Å². The van der Waals surface area contributed by atoms with Crippen LogP contribution in [-0.4, -0.2) is 44.4 Å². The van der Waals surface area contributed by atoms with Gasteiger partial charge in [0.2, 0.25) is 0 Å². The molecule has 1 atom stereocenters. The summed E-state index contributed by atoms with van der Waals surface area (Å²) in [7, 11) is 1.45. The van der Waals surface area contributed by atoms with Crippen LogP contribution in [0.3, 0.4) is 0 Å². The number of nitrogens with zero attached hydrogens (tertiary/aromatic N) is 1. The van der Waals surface area contributed by atoms with Gasteiger partial charge in [0.1, 0.15) is 0 Å². The van der Waals surface area contributed by atoms with Gasteiger partial charge in [0.05, 0.1) is 31.5 Å². The number of methoxy groups -OCH3 is 1. The second kappa shape index (κ2) is 12.2.